The molecule has 0 aromatic heterocycles. The first-order chi connectivity index (χ1) is 13.9. The summed E-state index contributed by atoms with van der Waals surface area (Å²) in [7, 11) is -3.66. The lowest BCUT2D eigenvalue weighted by Gasteiger charge is -2.35. The van der Waals surface area contributed by atoms with Gasteiger partial charge < -0.3 is 4.90 Å². The second-order valence-electron chi connectivity index (χ2n) is 7.00. The minimum atomic E-state index is -3.66. The zero-order valence-electron chi connectivity index (χ0n) is 16.5. The molecule has 6 nitrogen and oxygen atoms in total. The molecule has 1 aliphatic rings. The summed E-state index contributed by atoms with van der Waals surface area (Å²) in [6, 6.07) is 16.5. The smallest absolute Gasteiger partial charge is 0.244 e. The number of carbonyl (C=O) groups excluding carboxylic acids is 1. The van der Waals surface area contributed by atoms with Crippen molar-refractivity contribution >= 4 is 27.5 Å². The quantitative estimate of drug-likeness (QED) is 0.670. The highest BCUT2D eigenvalue weighted by Crippen LogP contribution is 2.25. The van der Waals surface area contributed by atoms with Crippen molar-refractivity contribution in [3.8, 4) is 0 Å². The molecule has 0 spiro atoms. The van der Waals surface area contributed by atoms with E-state index in [0.717, 1.165) is 12.1 Å². The van der Waals surface area contributed by atoms with E-state index in [4.69, 9.17) is 11.6 Å². The molecule has 0 atom stereocenters. The number of halogens is 1. The van der Waals surface area contributed by atoms with Gasteiger partial charge in [0.25, 0.3) is 0 Å². The number of carbonyl (C=O) groups is 1. The molecule has 1 heterocycles. The van der Waals surface area contributed by atoms with Crippen LogP contribution >= 0.6 is 11.6 Å². The summed E-state index contributed by atoms with van der Waals surface area (Å²) in [5, 5.41) is 0.213. The Hall–Kier alpha value is -1.93. The van der Waals surface area contributed by atoms with Gasteiger partial charge >= 0.3 is 0 Å². The van der Waals surface area contributed by atoms with E-state index < -0.39 is 10.0 Å². The van der Waals surface area contributed by atoms with E-state index in [1.807, 2.05) is 37.3 Å². The highest BCUT2D eigenvalue weighted by molar-refractivity contribution is 7.89. The number of amides is 1. The van der Waals surface area contributed by atoms with E-state index in [9.17, 15) is 13.2 Å². The number of rotatable bonds is 7. The Kier molecular flexibility index (Phi) is 7.29. The predicted molar refractivity (Wildman–Crippen MR) is 114 cm³/mol. The molecule has 1 saturated heterocycles. The number of likely N-dealkylation sites (N-methyl/N-ethyl adjacent to an activating group) is 1. The molecule has 0 aliphatic carbocycles. The third-order valence-electron chi connectivity index (χ3n) is 5.10. The second kappa shape index (κ2) is 9.71. The molecule has 0 bridgehead atoms. The number of benzene rings is 2. The summed E-state index contributed by atoms with van der Waals surface area (Å²) in [6.45, 7) is 5.13. The number of sulfonamides is 1. The molecule has 2 aromatic rings. The summed E-state index contributed by atoms with van der Waals surface area (Å²) >= 11 is 6.07. The Morgan fingerprint density at radius 1 is 1.00 bits per heavy atom. The van der Waals surface area contributed by atoms with Gasteiger partial charge in [-0.2, -0.15) is 4.31 Å². The standard InChI is InChI=1S/C21H26ClN3O3S/c1-2-23(16-18-8-4-3-5-9-18)17-21(26)24-12-14-25(15-13-24)29(27,28)20-11-7-6-10-19(20)22/h3-11H,2,12-17H2,1H3. The van der Waals surface area contributed by atoms with Crippen LogP contribution in [0.15, 0.2) is 59.5 Å². The van der Waals surface area contributed by atoms with E-state index in [-0.39, 0.29) is 28.9 Å². The maximum absolute atomic E-state index is 12.8. The molecule has 0 N–H and O–H groups in total. The van der Waals surface area contributed by atoms with Crippen molar-refractivity contribution in [2.24, 2.45) is 0 Å². The molecule has 1 fully saturated rings. The van der Waals surface area contributed by atoms with Gasteiger partial charge in [-0.05, 0) is 24.2 Å². The summed E-state index contributed by atoms with van der Waals surface area (Å²) in [5.41, 5.74) is 1.16. The largest absolute Gasteiger partial charge is 0.339 e. The van der Waals surface area contributed by atoms with Gasteiger partial charge in [0.1, 0.15) is 4.90 Å². The molecule has 29 heavy (non-hydrogen) atoms. The third-order valence-corrected chi connectivity index (χ3v) is 7.50. The summed E-state index contributed by atoms with van der Waals surface area (Å²) in [4.78, 5) is 16.7. The van der Waals surface area contributed by atoms with E-state index >= 15 is 0 Å². The van der Waals surface area contributed by atoms with Gasteiger partial charge in [0.05, 0.1) is 11.6 Å². The fourth-order valence-corrected chi connectivity index (χ4v) is 5.30. The Bertz CT molecular complexity index is 929. The van der Waals surface area contributed by atoms with E-state index in [0.29, 0.717) is 26.2 Å². The van der Waals surface area contributed by atoms with Crippen LogP contribution in [-0.2, 0) is 21.4 Å². The first-order valence-electron chi connectivity index (χ1n) is 9.70. The second-order valence-corrected chi connectivity index (χ2v) is 9.32. The fraction of sp³-hybridized carbons (Fsp3) is 0.381. The third kappa shape index (κ3) is 5.36. The van der Waals surface area contributed by atoms with Crippen molar-refractivity contribution in [3.63, 3.8) is 0 Å². The number of nitrogens with zero attached hydrogens (tertiary/aromatic N) is 3. The zero-order chi connectivity index (χ0) is 20.9. The minimum absolute atomic E-state index is 0.0255. The van der Waals surface area contributed by atoms with Gasteiger partial charge in [-0.1, -0.05) is 61.0 Å². The van der Waals surface area contributed by atoms with Crippen LogP contribution in [0.1, 0.15) is 12.5 Å². The lowest BCUT2D eigenvalue weighted by atomic mass is 10.2. The van der Waals surface area contributed by atoms with Crippen LogP contribution in [0.25, 0.3) is 0 Å². The molecule has 0 unspecified atom stereocenters. The first-order valence-corrected chi connectivity index (χ1v) is 11.5. The van der Waals surface area contributed by atoms with Crippen molar-refractivity contribution in [3.05, 3.63) is 65.2 Å². The van der Waals surface area contributed by atoms with E-state index in [2.05, 4.69) is 4.90 Å². The van der Waals surface area contributed by atoms with Crippen LogP contribution < -0.4 is 0 Å². The van der Waals surface area contributed by atoms with Crippen molar-refractivity contribution in [1.82, 2.24) is 14.1 Å². The Morgan fingerprint density at radius 2 is 1.62 bits per heavy atom. The monoisotopic (exact) mass is 435 g/mol. The topological polar surface area (TPSA) is 60.9 Å². The van der Waals surface area contributed by atoms with E-state index in [1.165, 1.54) is 10.4 Å². The fourth-order valence-electron chi connectivity index (χ4n) is 3.38. The van der Waals surface area contributed by atoms with Crippen LogP contribution in [0.5, 0.6) is 0 Å². The predicted octanol–water partition coefficient (Wildman–Crippen LogP) is 2.70. The zero-order valence-corrected chi connectivity index (χ0v) is 18.1. The molecule has 2 aromatic carbocycles. The van der Waals surface area contributed by atoms with Gasteiger partial charge in [0.2, 0.25) is 15.9 Å². The van der Waals surface area contributed by atoms with Crippen LogP contribution in [-0.4, -0.2) is 67.7 Å². The normalized spacial score (nSPS) is 15.6. The van der Waals surface area contributed by atoms with Crippen LogP contribution in [0.2, 0.25) is 5.02 Å². The molecule has 8 heteroatoms. The van der Waals surface area contributed by atoms with Gasteiger partial charge in [-0.3, -0.25) is 9.69 Å². The summed E-state index contributed by atoms with van der Waals surface area (Å²) in [6.07, 6.45) is 0. The first kappa shape index (κ1) is 21.8. The highest BCUT2D eigenvalue weighted by Gasteiger charge is 2.31. The number of hydrogen-bond acceptors (Lipinski definition) is 4. The van der Waals surface area contributed by atoms with Crippen molar-refractivity contribution in [2.45, 2.75) is 18.4 Å². The molecule has 1 aliphatic heterocycles. The van der Waals surface area contributed by atoms with Gasteiger partial charge in [-0.25, -0.2) is 8.42 Å². The van der Waals surface area contributed by atoms with Crippen molar-refractivity contribution in [2.75, 3.05) is 39.3 Å². The molecule has 0 saturated carbocycles. The number of hydrogen-bond donors (Lipinski definition) is 0. The van der Waals surface area contributed by atoms with Crippen molar-refractivity contribution in [1.29, 1.82) is 0 Å². The molecule has 0 radical (unpaired) electrons. The molecular formula is C21H26ClN3O3S. The molecule has 3 rings (SSSR count). The van der Waals surface area contributed by atoms with Crippen LogP contribution in [0.3, 0.4) is 0 Å². The lowest BCUT2D eigenvalue weighted by molar-refractivity contribution is -0.133. The maximum Gasteiger partial charge on any atom is 0.244 e. The lowest BCUT2D eigenvalue weighted by Crippen LogP contribution is -2.52. The van der Waals surface area contributed by atoms with Crippen LogP contribution in [0.4, 0.5) is 0 Å². The van der Waals surface area contributed by atoms with Gasteiger partial charge in [0.15, 0.2) is 0 Å². The average Bonchev–Trinajstić information content (AvgIpc) is 2.74. The average molecular weight is 436 g/mol. The van der Waals surface area contributed by atoms with Gasteiger partial charge in [-0.15, -0.1) is 0 Å². The van der Waals surface area contributed by atoms with E-state index in [1.54, 1.807) is 23.1 Å². The Morgan fingerprint density at radius 3 is 2.24 bits per heavy atom. The highest BCUT2D eigenvalue weighted by atomic mass is 35.5. The van der Waals surface area contributed by atoms with Gasteiger partial charge in [0, 0.05) is 32.7 Å². The van der Waals surface area contributed by atoms with Crippen molar-refractivity contribution < 1.29 is 13.2 Å². The Balaban J connectivity index is 1.57. The summed E-state index contributed by atoms with van der Waals surface area (Å²) in [5.74, 6) is 0.0255. The molecular weight excluding hydrogens is 410 g/mol. The Labute approximate surface area is 177 Å². The number of piperazine rings is 1. The summed E-state index contributed by atoms with van der Waals surface area (Å²) < 4.78 is 27.1. The minimum Gasteiger partial charge on any atom is -0.339 e. The van der Waals surface area contributed by atoms with Crippen LogP contribution in [0, 0.1) is 0 Å². The maximum atomic E-state index is 12.8. The molecule has 156 valence electrons. The molecule has 1 amide bonds. The SMILES string of the molecule is CCN(CC(=O)N1CCN(S(=O)(=O)c2ccccc2Cl)CC1)Cc1ccccc1.